The lowest BCUT2D eigenvalue weighted by Crippen LogP contribution is -2.42. The number of ether oxygens (including phenoxy) is 2. The topological polar surface area (TPSA) is 84.9 Å². The SMILES string of the molecule is O=C(N[C@@H](Cc1ccc(C(F)(F)F)cc1)C(=O)O)c1ccc2cc(F)ccc2c1OCc1ccc(OC(F)(F)F)cc1. The second kappa shape index (κ2) is 12.0. The molecule has 13 heteroatoms. The number of carboxylic acid groups (broad SMARTS) is 1. The van der Waals surface area contributed by atoms with Crippen LogP contribution in [0.1, 0.15) is 27.0 Å². The lowest BCUT2D eigenvalue weighted by atomic mass is 10.0. The Kier molecular flexibility index (Phi) is 8.59. The molecule has 0 heterocycles. The first kappa shape index (κ1) is 30.2. The summed E-state index contributed by atoms with van der Waals surface area (Å²) in [5.41, 5.74) is -0.441. The number of fused-ring (bicyclic) bond motifs is 1. The minimum Gasteiger partial charge on any atom is -0.487 e. The Hall–Kier alpha value is -4.81. The van der Waals surface area contributed by atoms with Gasteiger partial charge in [0.25, 0.3) is 5.91 Å². The molecule has 0 radical (unpaired) electrons. The van der Waals surface area contributed by atoms with Crippen LogP contribution in [0.3, 0.4) is 0 Å². The van der Waals surface area contributed by atoms with Crippen LogP contribution >= 0.6 is 0 Å². The molecule has 42 heavy (non-hydrogen) atoms. The normalized spacial score (nSPS) is 12.5. The van der Waals surface area contributed by atoms with E-state index < -0.39 is 47.6 Å². The van der Waals surface area contributed by atoms with Gasteiger partial charge in [-0.2, -0.15) is 13.2 Å². The predicted molar refractivity (Wildman–Crippen MR) is 135 cm³/mol. The molecule has 0 spiro atoms. The highest BCUT2D eigenvalue weighted by molar-refractivity contribution is 6.05. The Morgan fingerprint density at radius 2 is 1.48 bits per heavy atom. The number of carboxylic acids is 1. The van der Waals surface area contributed by atoms with Crippen LogP contribution in [0.25, 0.3) is 10.8 Å². The lowest BCUT2D eigenvalue weighted by molar-refractivity contribution is -0.274. The molecule has 4 aromatic rings. The maximum atomic E-state index is 13.9. The number of carbonyl (C=O) groups excluding carboxylic acids is 1. The molecule has 1 amide bonds. The van der Waals surface area contributed by atoms with E-state index in [4.69, 9.17) is 4.74 Å². The summed E-state index contributed by atoms with van der Waals surface area (Å²) in [6, 6.07) is 13.3. The number of nitrogens with one attached hydrogen (secondary N) is 1. The summed E-state index contributed by atoms with van der Waals surface area (Å²) >= 11 is 0. The summed E-state index contributed by atoms with van der Waals surface area (Å²) in [6.45, 7) is -0.239. The molecule has 0 fully saturated rings. The fourth-order valence-electron chi connectivity index (χ4n) is 4.05. The molecule has 0 aliphatic carbocycles. The summed E-state index contributed by atoms with van der Waals surface area (Å²) in [6.07, 6.45) is -9.79. The number of hydrogen-bond acceptors (Lipinski definition) is 4. The van der Waals surface area contributed by atoms with Gasteiger partial charge in [0.1, 0.15) is 30.0 Å². The van der Waals surface area contributed by atoms with Crippen molar-refractivity contribution in [1.29, 1.82) is 0 Å². The molecule has 0 aromatic heterocycles. The molecule has 0 unspecified atom stereocenters. The Balaban J connectivity index is 1.58. The minimum atomic E-state index is -4.88. The quantitative estimate of drug-likeness (QED) is 0.206. The van der Waals surface area contributed by atoms with Crippen molar-refractivity contribution in [3.8, 4) is 11.5 Å². The van der Waals surface area contributed by atoms with Crippen LogP contribution in [0.4, 0.5) is 30.7 Å². The van der Waals surface area contributed by atoms with Gasteiger partial charge in [-0.1, -0.05) is 30.3 Å². The number of alkyl halides is 6. The van der Waals surface area contributed by atoms with Crippen LogP contribution in [0, 0.1) is 5.82 Å². The zero-order valence-electron chi connectivity index (χ0n) is 21.2. The highest BCUT2D eigenvalue weighted by Crippen LogP contribution is 2.32. The highest BCUT2D eigenvalue weighted by Gasteiger charge is 2.31. The molecule has 0 aliphatic rings. The van der Waals surface area contributed by atoms with E-state index in [9.17, 15) is 45.4 Å². The number of amides is 1. The van der Waals surface area contributed by atoms with Crippen molar-refractivity contribution in [2.45, 2.75) is 31.6 Å². The van der Waals surface area contributed by atoms with E-state index >= 15 is 0 Å². The molecule has 0 saturated heterocycles. The van der Waals surface area contributed by atoms with Crippen molar-refractivity contribution >= 4 is 22.6 Å². The van der Waals surface area contributed by atoms with Crippen molar-refractivity contribution in [3.63, 3.8) is 0 Å². The van der Waals surface area contributed by atoms with E-state index in [2.05, 4.69) is 10.1 Å². The van der Waals surface area contributed by atoms with Crippen LogP contribution < -0.4 is 14.8 Å². The van der Waals surface area contributed by atoms with Crippen molar-refractivity contribution in [2.24, 2.45) is 0 Å². The van der Waals surface area contributed by atoms with Crippen LogP contribution in [-0.4, -0.2) is 29.4 Å². The summed E-state index contributed by atoms with van der Waals surface area (Å²) < 4.78 is 99.4. The number of halogens is 7. The van der Waals surface area contributed by atoms with Crippen LogP contribution in [-0.2, 0) is 24.0 Å². The largest absolute Gasteiger partial charge is 0.573 e. The van der Waals surface area contributed by atoms with Gasteiger partial charge in [-0.3, -0.25) is 4.79 Å². The zero-order valence-corrected chi connectivity index (χ0v) is 21.2. The molecule has 4 aromatic carbocycles. The number of hydrogen-bond donors (Lipinski definition) is 2. The van der Waals surface area contributed by atoms with Gasteiger partial charge in [-0.25, -0.2) is 9.18 Å². The maximum absolute atomic E-state index is 13.9. The summed E-state index contributed by atoms with van der Waals surface area (Å²) in [7, 11) is 0. The molecule has 4 rings (SSSR count). The van der Waals surface area contributed by atoms with E-state index in [0.29, 0.717) is 10.9 Å². The smallest absolute Gasteiger partial charge is 0.487 e. The molecule has 0 saturated carbocycles. The van der Waals surface area contributed by atoms with Crippen molar-refractivity contribution in [1.82, 2.24) is 5.32 Å². The van der Waals surface area contributed by atoms with E-state index in [-0.39, 0.29) is 35.3 Å². The standard InChI is InChI=1S/C29H20F7NO5/c30-20-8-12-22-18(14-20)5-11-23(25(22)41-15-17-3-9-21(10-4-17)42-29(34,35)36)26(38)37-24(27(39)40)13-16-1-6-19(7-2-16)28(31,32)33/h1-12,14,24H,13,15H2,(H,37,38)(H,39,40)/t24-/m0/s1. The van der Waals surface area contributed by atoms with Crippen LogP contribution in [0.5, 0.6) is 11.5 Å². The van der Waals surface area contributed by atoms with E-state index in [1.165, 1.54) is 36.4 Å². The third-order valence-corrected chi connectivity index (χ3v) is 6.04. The first-order valence-electron chi connectivity index (χ1n) is 12.1. The fraction of sp³-hybridized carbons (Fsp3) is 0.172. The Bertz CT molecular complexity index is 1580. The summed E-state index contributed by atoms with van der Waals surface area (Å²) in [4.78, 5) is 25.2. The van der Waals surface area contributed by atoms with Crippen LogP contribution in [0.2, 0.25) is 0 Å². The van der Waals surface area contributed by atoms with Gasteiger partial charge in [0, 0.05) is 11.8 Å². The molecule has 0 aliphatic heterocycles. The third kappa shape index (κ3) is 7.68. The van der Waals surface area contributed by atoms with Crippen molar-refractivity contribution in [3.05, 3.63) is 107 Å². The minimum absolute atomic E-state index is 0.0562. The zero-order chi connectivity index (χ0) is 30.7. The molecular formula is C29H20F7NO5. The Labute approximate surface area is 233 Å². The number of carbonyl (C=O) groups is 2. The average molecular weight is 595 g/mol. The summed E-state index contributed by atoms with van der Waals surface area (Å²) in [5.74, 6) is -3.44. The van der Waals surface area contributed by atoms with Gasteiger partial charge in [-0.15, -0.1) is 13.2 Å². The lowest BCUT2D eigenvalue weighted by Gasteiger charge is -2.18. The van der Waals surface area contributed by atoms with Crippen molar-refractivity contribution in [2.75, 3.05) is 0 Å². The van der Waals surface area contributed by atoms with Gasteiger partial charge in [0.15, 0.2) is 0 Å². The monoisotopic (exact) mass is 595 g/mol. The van der Waals surface area contributed by atoms with Crippen molar-refractivity contribution < 1.29 is 54.9 Å². The number of rotatable bonds is 9. The first-order valence-corrected chi connectivity index (χ1v) is 12.1. The molecule has 220 valence electrons. The molecule has 2 N–H and O–H groups in total. The maximum Gasteiger partial charge on any atom is 0.573 e. The van der Waals surface area contributed by atoms with Gasteiger partial charge < -0.3 is 19.9 Å². The Morgan fingerprint density at radius 1 is 0.833 bits per heavy atom. The number of aliphatic carboxylic acids is 1. The third-order valence-electron chi connectivity index (χ3n) is 6.04. The second-order valence-corrected chi connectivity index (χ2v) is 9.05. The highest BCUT2D eigenvalue weighted by atomic mass is 19.4. The molecule has 0 bridgehead atoms. The predicted octanol–water partition coefficient (Wildman–Crippen LogP) is 6.90. The van der Waals surface area contributed by atoms with Gasteiger partial charge >= 0.3 is 18.5 Å². The first-order chi connectivity index (χ1) is 19.7. The molecule has 6 nitrogen and oxygen atoms in total. The van der Waals surface area contributed by atoms with Gasteiger partial charge in [0.05, 0.1) is 11.1 Å². The molecule has 1 atom stereocenters. The summed E-state index contributed by atoms with van der Waals surface area (Å²) in [5, 5.41) is 12.6. The molecular weight excluding hydrogens is 575 g/mol. The Morgan fingerprint density at radius 3 is 2.07 bits per heavy atom. The van der Waals surface area contributed by atoms with E-state index in [1.54, 1.807) is 0 Å². The fourth-order valence-corrected chi connectivity index (χ4v) is 4.05. The van der Waals surface area contributed by atoms with Crippen LogP contribution in [0.15, 0.2) is 78.9 Å². The van der Waals surface area contributed by atoms with E-state index in [1.807, 2.05) is 0 Å². The van der Waals surface area contributed by atoms with Gasteiger partial charge in [-0.05, 0) is 65.0 Å². The number of benzene rings is 4. The average Bonchev–Trinajstić information content (AvgIpc) is 2.90. The van der Waals surface area contributed by atoms with E-state index in [0.717, 1.165) is 42.5 Å². The van der Waals surface area contributed by atoms with Gasteiger partial charge in [0.2, 0.25) is 0 Å². The second-order valence-electron chi connectivity index (χ2n) is 9.05.